The number of benzene rings is 1. The van der Waals surface area contributed by atoms with Crippen molar-refractivity contribution in [1.82, 2.24) is 9.97 Å². The Hall–Kier alpha value is -2.50. The van der Waals surface area contributed by atoms with Gasteiger partial charge >= 0.3 is 0 Å². The Morgan fingerprint density at radius 2 is 2.14 bits per heavy atom. The van der Waals surface area contributed by atoms with Gasteiger partial charge in [0.05, 0.1) is 0 Å². The van der Waals surface area contributed by atoms with Crippen LogP contribution in [0.3, 0.4) is 0 Å². The second-order valence-corrected chi connectivity index (χ2v) is 4.97. The van der Waals surface area contributed by atoms with Gasteiger partial charge in [0.15, 0.2) is 11.5 Å². The Bertz CT molecular complexity index is 633. The summed E-state index contributed by atoms with van der Waals surface area (Å²) in [5, 5.41) is 3.26. The van der Waals surface area contributed by atoms with Crippen LogP contribution >= 0.6 is 0 Å². The summed E-state index contributed by atoms with van der Waals surface area (Å²) in [5.41, 5.74) is 6.56. The molecule has 1 aromatic carbocycles. The number of nitrogen functional groups attached to an aromatic ring is 1. The standard InChI is InChI=1S/C15H18N4O2/c1-10-8-18-15(16)19-14(10)17-7-6-11-9-20-12-4-2-3-5-13(12)21-11/h2-5,8,11H,6-7,9H2,1H3,(H3,16,17,18,19)/t11-/m0/s1. The van der Waals surface area contributed by atoms with E-state index < -0.39 is 0 Å². The number of para-hydroxylation sites is 2. The smallest absolute Gasteiger partial charge is 0.221 e. The fourth-order valence-corrected chi connectivity index (χ4v) is 2.19. The van der Waals surface area contributed by atoms with Gasteiger partial charge in [0.1, 0.15) is 18.5 Å². The molecule has 1 aliphatic heterocycles. The van der Waals surface area contributed by atoms with Gasteiger partial charge in [-0.2, -0.15) is 4.98 Å². The number of hydrogen-bond donors (Lipinski definition) is 2. The topological polar surface area (TPSA) is 82.3 Å². The van der Waals surface area contributed by atoms with Gasteiger partial charge in [0.2, 0.25) is 5.95 Å². The summed E-state index contributed by atoms with van der Waals surface area (Å²) < 4.78 is 11.6. The Morgan fingerprint density at radius 3 is 3.00 bits per heavy atom. The molecule has 1 atom stereocenters. The molecule has 3 rings (SSSR count). The predicted octanol–water partition coefficient (Wildman–Crippen LogP) is 2.01. The summed E-state index contributed by atoms with van der Waals surface area (Å²) in [5.74, 6) is 2.64. The molecule has 0 saturated heterocycles. The van der Waals surface area contributed by atoms with Gasteiger partial charge in [0.25, 0.3) is 0 Å². The van der Waals surface area contributed by atoms with Gasteiger partial charge in [-0.15, -0.1) is 0 Å². The summed E-state index contributed by atoms with van der Waals surface area (Å²) in [6, 6.07) is 7.71. The maximum absolute atomic E-state index is 5.90. The van der Waals surface area contributed by atoms with Crippen molar-refractivity contribution < 1.29 is 9.47 Å². The van der Waals surface area contributed by atoms with Crippen molar-refractivity contribution >= 4 is 11.8 Å². The van der Waals surface area contributed by atoms with Crippen LogP contribution in [0.5, 0.6) is 11.5 Å². The monoisotopic (exact) mass is 286 g/mol. The average molecular weight is 286 g/mol. The van der Waals surface area contributed by atoms with Crippen LogP contribution in [0.15, 0.2) is 30.5 Å². The number of fused-ring (bicyclic) bond motifs is 1. The van der Waals surface area contributed by atoms with Crippen molar-refractivity contribution in [3.8, 4) is 11.5 Å². The molecule has 21 heavy (non-hydrogen) atoms. The highest BCUT2D eigenvalue weighted by Crippen LogP contribution is 2.31. The van der Waals surface area contributed by atoms with E-state index >= 15 is 0 Å². The van der Waals surface area contributed by atoms with Crippen molar-refractivity contribution in [2.24, 2.45) is 0 Å². The quantitative estimate of drug-likeness (QED) is 0.894. The zero-order valence-corrected chi connectivity index (χ0v) is 11.9. The van der Waals surface area contributed by atoms with Crippen molar-refractivity contribution in [2.45, 2.75) is 19.4 Å². The largest absolute Gasteiger partial charge is 0.486 e. The third kappa shape index (κ3) is 3.16. The lowest BCUT2D eigenvalue weighted by Gasteiger charge is -2.26. The molecule has 2 heterocycles. The summed E-state index contributed by atoms with van der Waals surface area (Å²) >= 11 is 0. The lowest BCUT2D eigenvalue weighted by Crippen LogP contribution is -2.31. The first kappa shape index (κ1) is 13.5. The summed E-state index contributed by atoms with van der Waals surface area (Å²) in [7, 11) is 0. The van der Waals surface area contributed by atoms with Crippen LogP contribution in [0.2, 0.25) is 0 Å². The third-order valence-corrected chi connectivity index (χ3v) is 3.32. The van der Waals surface area contributed by atoms with E-state index in [9.17, 15) is 0 Å². The van der Waals surface area contributed by atoms with E-state index in [4.69, 9.17) is 15.2 Å². The predicted molar refractivity (Wildman–Crippen MR) is 80.6 cm³/mol. The number of anilines is 2. The molecule has 0 saturated carbocycles. The Morgan fingerprint density at radius 1 is 1.33 bits per heavy atom. The van der Waals surface area contributed by atoms with Crippen molar-refractivity contribution in [2.75, 3.05) is 24.2 Å². The highest BCUT2D eigenvalue weighted by molar-refractivity contribution is 5.45. The molecule has 3 N–H and O–H groups in total. The molecular formula is C15H18N4O2. The number of hydrogen-bond acceptors (Lipinski definition) is 6. The Kier molecular flexibility index (Phi) is 3.77. The van der Waals surface area contributed by atoms with Crippen LogP contribution in [0, 0.1) is 6.92 Å². The highest BCUT2D eigenvalue weighted by atomic mass is 16.6. The maximum atomic E-state index is 5.90. The molecule has 0 fully saturated rings. The number of aryl methyl sites for hydroxylation is 1. The minimum Gasteiger partial charge on any atom is -0.486 e. The molecule has 6 nitrogen and oxygen atoms in total. The van der Waals surface area contributed by atoms with Crippen LogP contribution in [0.4, 0.5) is 11.8 Å². The first-order valence-corrected chi connectivity index (χ1v) is 6.94. The zero-order valence-electron chi connectivity index (χ0n) is 11.9. The summed E-state index contributed by atoms with van der Waals surface area (Å²) in [6.07, 6.45) is 2.56. The minimum atomic E-state index is 0.0342. The van der Waals surface area contributed by atoms with Crippen LogP contribution in [0.25, 0.3) is 0 Å². The van der Waals surface area contributed by atoms with E-state index in [1.165, 1.54) is 0 Å². The number of rotatable bonds is 4. The molecule has 1 aromatic heterocycles. The van der Waals surface area contributed by atoms with Crippen LogP contribution < -0.4 is 20.5 Å². The second kappa shape index (κ2) is 5.87. The molecule has 0 amide bonds. The molecular weight excluding hydrogens is 268 g/mol. The molecule has 2 aromatic rings. The molecule has 0 aliphatic carbocycles. The van der Waals surface area contributed by atoms with Gasteiger partial charge < -0.3 is 20.5 Å². The summed E-state index contributed by atoms with van der Waals surface area (Å²) in [4.78, 5) is 8.12. The minimum absolute atomic E-state index is 0.0342. The van der Waals surface area contributed by atoms with Gasteiger partial charge in [-0.25, -0.2) is 4.98 Å². The molecule has 0 unspecified atom stereocenters. The second-order valence-electron chi connectivity index (χ2n) is 4.97. The average Bonchev–Trinajstić information content (AvgIpc) is 2.50. The lowest BCUT2D eigenvalue weighted by molar-refractivity contribution is 0.0873. The van der Waals surface area contributed by atoms with Crippen molar-refractivity contribution in [3.05, 3.63) is 36.0 Å². The third-order valence-electron chi connectivity index (χ3n) is 3.32. The first-order chi connectivity index (χ1) is 10.2. The highest BCUT2D eigenvalue weighted by Gasteiger charge is 2.20. The number of nitrogens with two attached hydrogens (primary N) is 1. The molecule has 1 aliphatic rings. The molecule has 0 spiro atoms. The van der Waals surface area contributed by atoms with Crippen molar-refractivity contribution in [1.29, 1.82) is 0 Å². The van der Waals surface area contributed by atoms with Crippen molar-refractivity contribution in [3.63, 3.8) is 0 Å². The SMILES string of the molecule is Cc1cnc(N)nc1NCC[C@H]1COc2ccccc2O1. The van der Waals surface area contributed by atoms with Gasteiger partial charge in [-0.1, -0.05) is 12.1 Å². The van der Waals surface area contributed by atoms with Gasteiger partial charge in [-0.3, -0.25) is 0 Å². The summed E-state index contributed by atoms with van der Waals surface area (Å²) in [6.45, 7) is 3.23. The van der Waals surface area contributed by atoms with E-state index in [-0.39, 0.29) is 12.1 Å². The Labute approximate surface area is 123 Å². The number of ether oxygens (including phenoxy) is 2. The molecule has 110 valence electrons. The van der Waals surface area contributed by atoms with E-state index in [1.54, 1.807) is 6.20 Å². The Balaban J connectivity index is 1.54. The van der Waals surface area contributed by atoms with Crippen LogP contribution in [-0.2, 0) is 0 Å². The maximum Gasteiger partial charge on any atom is 0.221 e. The van der Waals surface area contributed by atoms with E-state index in [0.717, 1.165) is 35.8 Å². The van der Waals surface area contributed by atoms with E-state index in [2.05, 4.69) is 15.3 Å². The zero-order chi connectivity index (χ0) is 14.7. The molecule has 0 radical (unpaired) electrons. The molecule has 0 bridgehead atoms. The number of nitrogens with zero attached hydrogens (tertiary/aromatic N) is 2. The normalized spacial score (nSPS) is 16.5. The number of aromatic nitrogens is 2. The van der Waals surface area contributed by atoms with E-state index in [1.807, 2.05) is 31.2 Å². The molecule has 6 heteroatoms. The lowest BCUT2D eigenvalue weighted by atomic mass is 10.2. The first-order valence-electron chi connectivity index (χ1n) is 6.94. The van der Waals surface area contributed by atoms with Gasteiger partial charge in [-0.05, 0) is 19.1 Å². The van der Waals surface area contributed by atoms with Crippen LogP contribution in [-0.4, -0.2) is 29.2 Å². The fourth-order valence-electron chi connectivity index (χ4n) is 2.19. The van der Waals surface area contributed by atoms with Gasteiger partial charge in [0, 0.05) is 24.7 Å². The van der Waals surface area contributed by atoms with Crippen LogP contribution in [0.1, 0.15) is 12.0 Å². The fraction of sp³-hybridized carbons (Fsp3) is 0.333. The van der Waals surface area contributed by atoms with E-state index in [0.29, 0.717) is 6.61 Å². The number of nitrogens with one attached hydrogen (secondary N) is 1.